The van der Waals surface area contributed by atoms with E-state index in [2.05, 4.69) is 35.6 Å². The molecule has 0 bridgehead atoms. The van der Waals surface area contributed by atoms with Crippen molar-refractivity contribution in [3.05, 3.63) is 35.4 Å². The SMILES string of the molecule is CCCCCCCCCCCCCCCCCCOC(=O)OOOC(=O)c1ccc(C(C)C)cc1. The summed E-state index contributed by atoms with van der Waals surface area (Å²) in [7, 11) is 0. The first kappa shape index (κ1) is 31.0. The predicted molar refractivity (Wildman–Crippen MR) is 139 cm³/mol. The standard InChI is InChI=1S/C29H48O6/c1-4-5-6-7-8-9-10-11-12-13-14-15-16-17-18-19-24-32-29(31)34-35-33-28(30)27-22-20-26(21-23-27)25(2)3/h20-23,25H,4-19,24H2,1-3H3. The summed E-state index contributed by atoms with van der Waals surface area (Å²) in [6, 6.07) is 6.95. The Hall–Kier alpha value is -2.08. The third kappa shape index (κ3) is 17.1. The second-order valence-electron chi connectivity index (χ2n) is 9.70. The summed E-state index contributed by atoms with van der Waals surface area (Å²) in [5.74, 6) is -0.380. The van der Waals surface area contributed by atoms with E-state index in [1.165, 1.54) is 83.5 Å². The Morgan fingerprint density at radius 2 is 1.11 bits per heavy atom. The second-order valence-corrected chi connectivity index (χ2v) is 9.70. The van der Waals surface area contributed by atoms with Crippen LogP contribution < -0.4 is 0 Å². The van der Waals surface area contributed by atoms with Crippen LogP contribution in [0, 0.1) is 0 Å². The minimum absolute atomic E-state index is 0.255. The Bertz CT molecular complexity index is 656. The van der Waals surface area contributed by atoms with Gasteiger partial charge in [0.1, 0.15) is 0 Å². The van der Waals surface area contributed by atoms with Gasteiger partial charge in [-0.05, 0) is 30.0 Å². The first-order valence-electron chi connectivity index (χ1n) is 13.9. The highest BCUT2D eigenvalue weighted by Gasteiger charge is 2.12. The molecule has 0 heterocycles. The van der Waals surface area contributed by atoms with Crippen LogP contribution in [0.25, 0.3) is 0 Å². The third-order valence-corrected chi connectivity index (χ3v) is 6.24. The number of hydrogen-bond acceptors (Lipinski definition) is 6. The Morgan fingerprint density at radius 1 is 0.657 bits per heavy atom. The summed E-state index contributed by atoms with van der Waals surface area (Å²) in [6.07, 6.45) is 19.6. The summed E-state index contributed by atoms with van der Waals surface area (Å²) >= 11 is 0. The molecule has 0 radical (unpaired) electrons. The summed E-state index contributed by atoms with van der Waals surface area (Å²) < 4.78 is 4.91. The van der Waals surface area contributed by atoms with Crippen molar-refractivity contribution in [2.75, 3.05) is 6.61 Å². The van der Waals surface area contributed by atoms with Crippen molar-refractivity contribution in [1.29, 1.82) is 0 Å². The quantitative estimate of drug-likeness (QED) is 0.0737. The minimum atomic E-state index is -1.02. The first-order chi connectivity index (χ1) is 17.0. The molecule has 1 aromatic carbocycles. The van der Waals surface area contributed by atoms with E-state index in [1.54, 1.807) is 12.1 Å². The zero-order chi connectivity index (χ0) is 25.6. The number of carbonyl (C=O) groups excluding carboxylic acids is 2. The lowest BCUT2D eigenvalue weighted by Crippen LogP contribution is -2.12. The number of unbranched alkanes of at least 4 members (excludes halogenated alkanes) is 15. The molecule has 0 saturated carbocycles. The van der Waals surface area contributed by atoms with Gasteiger partial charge in [0, 0.05) is 0 Å². The average molecular weight is 493 g/mol. The molecule has 0 spiro atoms. The van der Waals surface area contributed by atoms with E-state index >= 15 is 0 Å². The van der Waals surface area contributed by atoms with E-state index in [0.717, 1.165) is 24.8 Å². The Kier molecular flexibility index (Phi) is 18.8. The highest BCUT2D eigenvalue weighted by Crippen LogP contribution is 2.16. The molecule has 0 aliphatic rings. The Labute approximate surface area is 212 Å². The van der Waals surface area contributed by atoms with Crippen LogP contribution in [0.1, 0.15) is 145 Å². The van der Waals surface area contributed by atoms with Gasteiger partial charge in [0.25, 0.3) is 0 Å². The Balaban J connectivity index is 1.86. The van der Waals surface area contributed by atoms with Crippen molar-refractivity contribution in [3.63, 3.8) is 0 Å². The molecule has 1 rings (SSSR count). The molecule has 0 unspecified atom stereocenters. The predicted octanol–water partition coefficient (Wildman–Crippen LogP) is 9.23. The molecule has 1 aromatic rings. The van der Waals surface area contributed by atoms with Crippen molar-refractivity contribution in [2.24, 2.45) is 0 Å². The van der Waals surface area contributed by atoms with Gasteiger partial charge in [0.15, 0.2) is 0 Å². The van der Waals surface area contributed by atoms with Gasteiger partial charge in [-0.25, -0.2) is 14.5 Å². The highest BCUT2D eigenvalue weighted by molar-refractivity contribution is 5.88. The molecule has 0 fully saturated rings. The van der Waals surface area contributed by atoms with Gasteiger partial charge >= 0.3 is 12.1 Å². The van der Waals surface area contributed by atoms with Gasteiger partial charge < -0.3 is 4.74 Å². The van der Waals surface area contributed by atoms with Crippen molar-refractivity contribution < 1.29 is 29.1 Å². The molecular weight excluding hydrogens is 444 g/mol. The number of hydrogen-bond donors (Lipinski definition) is 0. The fourth-order valence-corrected chi connectivity index (χ4v) is 3.96. The normalized spacial score (nSPS) is 11.0. The fourth-order valence-electron chi connectivity index (χ4n) is 3.96. The maximum absolute atomic E-state index is 11.9. The van der Waals surface area contributed by atoms with E-state index in [1.807, 2.05) is 12.1 Å². The molecular formula is C29H48O6. The van der Waals surface area contributed by atoms with E-state index < -0.39 is 12.1 Å². The van der Waals surface area contributed by atoms with Crippen LogP contribution in [0.4, 0.5) is 4.79 Å². The molecule has 0 aliphatic carbocycles. The van der Waals surface area contributed by atoms with Gasteiger partial charge in [-0.15, -0.1) is 0 Å². The maximum Gasteiger partial charge on any atom is 0.543 e. The molecule has 0 amide bonds. The molecule has 0 N–H and O–H groups in total. The Morgan fingerprint density at radius 3 is 1.57 bits per heavy atom. The van der Waals surface area contributed by atoms with E-state index in [4.69, 9.17) is 4.74 Å². The summed E-state index contributed by atoms with van der Waals surface area (Å²) in [6.45, 7) is 6.65. The molecule has 0 atom stereocenters. The van der Waals surface area contributed by atoms with Crippen molar-refractivity contribution in [2.45, 2.75) is 129 Å². The van der Waals surface area contributed by atoms with Crippen molar-refractivity contribution in [3.8, 4) is 0 Å². The van der Waals surface area contributed by atoms with Crippen LogP contribution in [0.3, 0.4) is 0 Å². The smallest absolute Gasteiger partial charge is 0.432 e. The lowest BCUT2D eigenvalue weighted by molar-refractivity contribution is -0.452. The molecule has 6 heteroatoms. The molecule has 0 aromatic heterocycles. The molecule has 0 aliphatic heterocycles. The number of benzene rings is 1. The minimum Gasteiger partial charge on any atom is -0.432 e. The maximum atomic E-state index is 11.9. The zero-order valence-electron chi connectivity index (χ0n) is 22.4. The highest BCUT2D eigenvalue weighted by atomic mass is 17.5. The summed E-state index contributed by atoms with van der Waals surface area (Å²) in [4.78, 5) is 32.1. The van der Waals surface area contributed by atoms with Gasteiger partial charge in [-0.3, -0.25) is 4.89 Å². The zero-order valence-corrected chi connectivity index (χ0v) is 22.4. The topological polar surface area (TPSA) is 71.1 Å². The number of rotatable bonds is 21. The van der Waals surface area contributed by atoms with Crippen LogP contribution in [0.15, 0.2) is 24.3 Å². The van der Waals surface area contributed by atoms with E-state index in [0.29, 0.717) is 11.5 Å². The van der Waals surface area contributed by atoms with E-state index in [-0.39, 0.29) is 6.61 Å². The summed E-state index contributed by atoms with van der Waals surface area (Å²) in [5.41, 5.74) is 1.41. The van der Waals surface area contributed by atoms with Crippen LogP contribution >= 0.6 is 0 Å². The van der Waals surface area contributed by atoms with Gasteiger partial charge in [0.2, 0.25) is 0 Å². The summed E-state index contributed by atoms with van der Waals surface area (Å²) in [5, 5.41) is 4.25. The van der Waals surface area contributed by atoms with Crippen molar-refractivity contribution >= 4 is 12.1 Å². The van der Waals surface area contributed by atoms with Gasteiger partial charge in [0.05, 0.1) is 17.2 Å². The largest absolute Gasteiger partial charge is 0.543 e. The fraction of sp³-hybridized carbons (Fsp3) is 0.724. The molecule has 200 valence electrons. The van der Waals surface area contributed by atoms with Crippen molar-refractivity contribution in [1.82, 2.24) is 0 Å². The van der Waals surface area contributed by atoms with Crippen LogP contribution in [0.2, 0.25) is 0 Å². The lowest BCUT2D eigenvalue weighted by Gasteiger charge is -2.06. The van der Waals surface area contributed by atoms with Gasteiger partial charge in [-0.2, -0.15) is 0 Å². The second kappa shape index (κ2) is 21.2. The average Bonchev–Trinajstić information content (AvgIpc) is 2.85. The van der Waals surface area contributed by atoms with Crippen LogP contribution in [-0.2, 0) is 19.6 Å². The van der Waals surface area contributed by atoms with Crippen LogP contribution in [0.5, 0.6) is 0 Å². The molecule has 35 heavy (non-hydrogen) atoms. The third-order valence-electron chi connectivity index (χ3n) is 6.24. The number of carbonyl (C=O) groups is 2. The van der Waals surface area contributed by atoms with E-state index in [9.17, 15) is 9.59 Å². The van der Waals surface area contributed by atoms with Crippen LogP contribution in [-0.4, -0.2) is 18.7 Å². The first-order valence-corrected chi connectivity index (χ1v) is 13.9. The monoisotopic (exact) mass is 492 g/mol. The molecule has 0 saturated heterocycles. The van der Waals surface area contributed by atoms with Gasteiger partial charge in [-0.1, -0.05) is 129 Å². The molecule has 6 nitrogen and oxygen atoms in total. The lowest BCUT2D eigenvalue weighted by atomic mass is 10.0. The number of ether oxygens (including phenoxy) is 1.